The monoisotopic (exact) mass is 192 g/mol. The van der Waals surface area contributed by atoms with Gasteiger partial charge in [0, 0.05) is 0 Å². The molecule has 0 aromatic carbocycles. The minimum atomic E-state index is -1.42. The Morgan fingerprint density at radius 2 is 2.00 bits per heavy atom. The van der Waals surface area contributed by atoms with E-state index in [9.17, 15) is 4.79 Å². The van der Waals surface area contributed by atoms with E-state index in [-0.39, 0.29) is 7.43 Å². The minimum Gasteiger partial charge on any atom is -0.505 e. The number of rotatable bonds is 2. The van der Waals surface area contributed by atoms with E-state index in [0.29, 0.717) is 0 Å². The second kappa shape index (κ2) is 4.11. The Bertz CT molecular complexity index is 233. The van der Waals surface area contributed by atoms with Crippen LogP contribution in [0.1, 0.15) is 7.43 Å². The van der Waals surface area contributed by atoms with Crippen LogP contribution in [0, 0.1) is 0 Å². The molecule has 1 aliphatic heterocycles. The van der Waals surface area contributed by atoms with E-state index < -0.39 is 36.3 Å². The van der Waals surface area contributed by atoms with Crippen LogP contribution in [0.5, 0.6) is 0 Å². The number of ether oxygens (including phenoxy) is 1. The second-order valence-corrected chi connectivity index (χ2v) is 2.31. The number of esters is 1. The first-order chi connectivity index (χ1) is 5.57. The van der Waals surface area contributed by atoms with Crippen molar-refractivity contribution in [2.75, 3.05) is 6.61 Å². The van der Waals surface area contributed by atoms with Gasteiger partial charge in [-0.3, -0.25) is 0 Å². The van der Waals surface area contributed by atoms with Crippen LogP contribution in [0.3, 0.4) is 0 Å². The summed E-state index contributed by atoms with van der Waals surface area (Å²) in [4.78, 5) is 10.5. The number of carbonyl (C=O) groups excluding carboxylic acids is 1. The molecule has 4 N–H and O–H groups in total. The van der Waals surface area contributed by atoms with Crippen molar-refractivity contribution in [3.05, 3.63) is 11.5 Å². The van der Waals surface area contributed by atoms with Crippen molar-refractivity contribution >= 4 is 5.97 Å². The summed E-state index contributed by atoms with van der Waals surface area (Å²) < 4.78 is 4.32. The van der Waals surface area contributed by atoms with Gasteiger partial charge < -0.3 is 25.2 Å². The highest BCUT2D eigenvalue weighted by atomic mass is 16.6. The highest BCUT2D eigenvalue weighted by Crippen LogP contribution is 2.20. The molecule has 1 heterocycles. The van der Waals surface area contributed by atoms with Gasteiger partial charge in [0.1, 0.15) is 6.10 Å². The maximum absolute atomic E-state index is 10.5. The molecule has 0 saturated carbocycles. The molecule has 0 radical (unpaired) electrons. The summed E-state index contributed by atoms with van der Waals surface area (Å²) >= 11 is 0. The summed E-state index contributed by atoms with van der Waals surface area (Å²) in [6.45, 7) is -0.671. The summed E-state index contributed by atoms with van der Waals surface area (Å²) in [6, 6.07) is 0. The van der Waals surface area contributed by atoms with E-state index in [0.717, 1.165) is 0 Å². The summed E-state index contributed by atoms with van der Waals surface area (Å²) in [7, 11) is 0. The van der Waals surface area contributed by atoms with Crippen molar-refractivity contribution in [2.24, 2.45) is 0 Å². The van der Waals surface area contributed by atoms with E-state index in [1.54, 1.807) is 0 Å². The fraction of sp³-hybridized carbons (Fsp3) is 0.571. The van der Waals surface area contributed by atoms with E-state index in [2.05, 4.69) is 4.74 Å². The number of aliphatic hydroxyl groups excluding tert-OH is 4. The van der Waals surface area contributed by atoms with Gasteiger partial charge in [-0.05, 0) is 0 Å². The summed E-state index contributed by atoms with van der Waals surface area (Å²) in [5.41, 5.74) is 0. The Kier molecular flexibility index (Phi) is 3.70. The lowest BCUT2D eigenvalue weighted by Crippen LogP contribution is -2.31. The first-order valence-electron chi connectivity index (χ1n) is 3.20. The van der Waals surface area contributed by atoms with Crippen LogP contribution in [-0.4, -0.2) is 45.2 Å². The molecule has 0 spiro atoms. The van der Waals surface area contributed by atoms with Gasteiger partial charge in [0.05, 0.1) is 6.61 Å². The van der Waals surface area contributed by atoms with Crippen molar-refractivity contribution in [3.63, 3.8) is 0 Å². The Labute approximate surface area is 74.7 Å². The predicted molar refractivity (Wildman–Crippen MR) is 42.0 cm³/mol. The Morgan fingerprint density at radius 1 is 1.46 bits per heavy atom. The van der Waals surface area contributed by atoms with E-state index in [1.807, 2.05) is 0 Å². The van der Waals surface area contributed by atoms with Gasteiger partial charge in [-0.2, -0.15) is 0 Å². The number of cyclic esters (lactones) is 1. The molecule has 6 nitrogen and oxygen atoms in total. The van der Waals surface area contributed by atoms with Gasteiger partial charge in [-0.25, -0.2) is 4.79 Å². The fourth-order valence-electron chi connectivity index (χ4n) is 0.823. The van der Waals surface area contributed by atoms with Gasteiger partial charge in [-0.1, -0.05) is 7.43 Å². The molecule has 2 atom stereocenters. The molecule has 1 rings (SSSR count). The van der Waals surface area contributed by atoms with Crippen LogP contribution in [0.4, 0.5) is 0 Å². The molecule has 0 amide bonds. The highest BCUT2D eigenvalue weighted by Gasteiger charge is 2.38. The molecule has 0 aromatic heterocycles. The second-order valence-electron chi connectivity index (χ2n) is 2.31. The van der Waals surface area contributed by atoms with Gasteiger partial charge in [0.25, 0.3) is 0 Å². The molecule has 6 heteroatoms. The average Bonchev–Trinajstić information content (AvgIpc) is 2.32. The van der Waals surface area contributed by atoms with E-state index in [4.69, 9.17) is 20.4 Å². The number of hydrogen-bond acceptors (Lipinski definition) is 6. The standard InChI is InChI=1S/C6H8O6.CH4/c7-1-2(8)5-3(9)4(10)6(11)12-5;/h2,5,7-10H,1H2;1H4/t2-,5+;/m0./s1. The number of carbonyl (C=O) groups is 1. The van der Waals surface area contributed by atoms with Gasteiger partial charge in [-0.15, -0.1) is 0 Å². The highest BCUT2D eigenvalue weighted by molar-refractivity contribution is 5.89. The summed E-state index contributed by atoms with van der Waals surface area (Å²) in [5, 5.41) is 35.0. The van der Waals surface area contributed by atoms with Crippen LogP contribution in [0.25, 0.3) is 0 Å². The molecule has 0 bridgehead atoms. The maximum atomic E-state index is 10.5. The smallest absolute Gasteiger partial charge is 0.377 e. The minimum absolute atomic E-state index is 0. The van der Waals surface area contributed by atoms with Crippen LogP contribution < -0.4 is 0 Å². The summed E-state index contributed by atoms with van der Waals surface area (Å²) in [6.07, 6.45) is -2.78. The molecule has 76 valence electrons. The van der Waals surface area contributed by atoms with Gasteiger partial charge in [0.2, 0.25) is 5.76 Å². The lowest BCUT2D eigenvalue weighted by Gasteiger charge is -2.13. The van der Waals surface area contributed by atoms with Crippen LogP contribution in [0.2, 0.25) is 0 Å². The molecular formula is C7H12O6. The SMILES string of the molecule is C.O=C1O[C@H]([C@@H](O)CO)C(O)=C1O. The van der Waals surface area contributed by atoms with Crippen molar-refractivity contribution in [3.8, 4) is 0 Å². The maximum Gasteiger partial charge on any atom is 0.377 e. The number of aliphatic hydroxyl groups is 4. The largest absolute Gasteiger partial charge is 0.505 e. The normalized spacial score (nSPS) is 23.8. The molecule has 0 aromatic rings. The zero-order valence-electron chi connectivity index (χ0n) is 5.97. The zero-order chi connectivity index (χ0) is 9.30. The first kappa shape index (κ1) is 11.7. The van der Waals surface area contributed by atoms with E-state index >= 15 is 0 Å². The summed E-state index contributed by atoms with van der Waals surface area (Å²) in [5.74, 6) is -2.78. The molecule has 0 unspecified atom stereocenters. The van der Waals surface area contributed by atoms with Crippen LogP contribution in [0.15, 0.2) is 11.5 Å². The van der Waals surface area contributed by atoms with Gasteiger partial charge >= 0.3 is 5.97 Å². The molecule has 0 saturated heterocycles. The molecule has 13 heavy (non-hydrogen) atoms. The molecule has 1 aliphatic rings. The topological polar surface area (TPSA) is 107 Å². The Morgan fingerprint density at radius 3 is 2.31 bits per heavy atom. The Balaban J connectivity index is 0.00000144. The quantitative estimate of drug-likeness (QED) is 0.428. The van der Waals surface area contributed by atoms with Crippen molar-refractivity contribution in [1.29, 1.82) is 0 Å². The molecule has 0 fully saturated rings. The van der Waals surface area contributed by atoms with Crippen LogP contribution >= 0.6 is 0 Å². The fourth-order valence-corrected chi connectivity index (χ4v) is 0.823. The predicted octanol–water partition coefficient (Wildman–Crippen LogP) is -0.771. The Hall–Kier alpha value is -1.27. The third-order valence-electron chi connectivity index (χ3n) is 1.48. The van der Waals surface area contributed by atoms with E-state index in [1.165, 1.54) is 0 Å². The third kappa shape index (κ3) is 1.90. The van der Waals surface area contributed by atoms with Gasteiger partial charge in [0.15, 0.2) is 11.9 Å². The van der Waals surface area contributed by atoms with Crippen molar-refractivity contribution < 1.29 is 30.0 Å². The van der Waals surface area contributed by atoms with Crippen molar-refractivity contribution in [2.45, 2.75) is 19.6 Å². The third-order valence-corrected chi connectivity index (χ3v) is 1.48. The van der Waals surface area contributed by atoms with Crippen LogP contribution in [-0.2, 0) is 9.53 Å². The molecule has 0 aliphatic carbocycles. The lowest BCUT2D eigenvalue weighted by atomic mass is 10.2. The first-order valence-corrected chi connectivity index (χ1v) is 3.20. The molecular weight excluding hydrogens is 180 g/mol. The zero-order valence-corrected chi connectivity index (χ0v) is 5.97. The number of hydrogen-bond donors (Lipinski definition) is 4. The lowest BCUT2D eigenvalue weighted by molar-refractivity contribution is -0.147. The average molecular weight is 192 g/mol. The van der Waals surface area contributed by atoms with Crippen molar-refractivity contribution in [1.82, 2.24) is 0 Å².